The van der Waals surface area contributed by atoms with Crippen LogP contribution in [0.3, 0.4) is 0 Å². The van der Waals surface area contributed by atoms with Gasteiger partial charge >= 0.3 is 5.97 Å². The van der Waals surface area contributed by atoms with Gasteiger partial charge in [0.15, 0.2) is 0 Å². The van der Waals surface area contributed by atoms with Crippen LogP contribution in [0, 0.1) is 0 Å². The van der Waals surface area contributed by atoms with Crippen molar-refractivity contribution in [3.63, 3.8) is 0 Å². The highest BCUT2D eigenvalue weighted by Crippen LogP contribution is 2.35. The predicted octanol–water partition coefficient (Wildman–Crippen LogP) is 6.00. The van der Waals surface area contributed by atoms with E-state index in [1.54, 1.807) is 6.08 Å². The molecule has 158 valence electrons. The van der Waals surface area contributed by atoms with Gasteiger partial charge in [-0.15, -0.1) is 0 Å². The van der Waals surface area contributed by atoms with E-state index in [0.29, 0.717) is 0 Å². The van der Waals surface area contributed by atoms with Gasteiger partial charge in [-0.1, -0.05) is 67.6 Å². The van der Waals surface area contributed by atoms with Crippen molar-refractivity contribution < 1.29 is 9.90 Å². The van der Waals surface area contributed by atoms with E-state index in [9.17, 15) is 9.59 Å². The number of hydrogen-bond acceptors (Lipinski definition) is 2. The van der Waals surface area contributed by atoms with Gasteiger partial charge in [0.25, 0.3) is 0 Å². The molecule has 0 amide bonds. The number of benzene rings is 3. The summed E-state index contributed by atoms with van der Waals surface area (Å²) in [5.41, 5.74) is 7.08. The SMILES string of the molecule is CC/C(=C(/c1ccc(/C=C/C(=O)O)cc1)c1ccc2[nH]c(=O)ccc2c1)c1ccccc1. The Labute approximate surface area is 186 Å². The van der Waals surface area contributed by atoms with Crippen molar-refractivity contribution >= 4 is 34.1 Å². The Kier molecular flexibility index (Phi) is 6.13. The molecule has 0 bridgehead atoms. The van der Waals surface area contributed by atoms with Gasteiger partial charge in [0, 0.05) is 17.7 Å². The van der Waals surface area contributed by atoms with Crippen LogP contribution in [-0.4, -0.2) is 16.1 Å². The third kappa shape index (κ3) is 4.60. The molecule has 2 N–H and O–H groups in total. The second-order valence-electron chi connectivity index (χ2n) is 7.49. The summed E-state index contributed by atoms with van der Waals surface area (Å²) in [4.78, 5) is 25.4. The Balaban J connectivity index is 1.91. The molecule has 0 aliphatic heterocycles. The number of aromatic nitrogens is 1. The molecule has 0 radical (unpaired) electrons. The molecule has 0 spiro atoms. The van der Waals surface area contributed by atoms with Crippen LogP contribution in [0.15, 0.2) is 95.8 Å². The third-order valence-corrected chi connectivity index (χ3v) is 5.41. The topological polar surface area (TPSA) is 70.2 Å². The summed E-state index contributed by atoms with van der Waals surface area (Å²) in [5, 5.41) is 9.85. The van der Waals surface area contributed by atoms with Crippen LogP contribution in [0.1, 0.15) is 35.6 Å². The number of aromatic amines is 1. The summed E-state index contributed by atoms with van der Waals surface area (Å²) in [6, 6.07) is 27.6. The van der Waals surface area contributed by atoms with E-state index in [1.807, 2.05) is 60.7 Å². The van der Waals surface area contributed by atoms with E-state index in [0.717, 1.165) is 51.2 Å². The summed E-state index contributed by atoms with van der Waals surface area (Å²) in [7, 11) is 0. The molecule has 1 aromatic heterocycles. The van der Waals surface area contributed by atoms with Crippen LogP contribution < -0.4 is 5.56 Å². The first-order valence-electron chi connectivity index (χ1n) is 10.5. The second kappa shape index (κ2) is 9.31. The van der Waals surface area contributed by atoms with E-state index < -0.39 is 5.97 Å². The molecule has 0 saturated heterocycles. The van der Waals surface area contributed by atoms with Gasteiger partial charge in [0.2, 0.25) is 5.56 Å². The number of nitrogens with one attached hydrogen (secondary N) is 1. The van der Waals surface area contributed by atoms with E-state index in [1.165, 1.54) is 11.6 Å². The van der Waals surface area contributed by atoms with Gasteiger partial charge in [-0.05, 0) is 69.5 Å². The first-order valence-corrected chi connectivity index (χ1v) is 10.5. The number of carbonyl (C=O) groups is 1. The average Bonchev–Trinajstić information content (AvgIpc) is 2.82. The molecule has 0 saturated carbocycles. The molecule has 4 rings (SSSR count). The Hall–Kier alpha value is -4.18. The fourth-order valence-corrected chi connectivity index (χ4v) is 3.92. The minimum Gasteiger partial charge on any atom is -0.478 e. The Morgan fingerprint density at radius 3 is 2.28 bits per heavy atom. The van der Waals surface area contributed by atoms with Crippen molar-refractivity contribution in [1.29, 1.82) is 0 Å². The van der Waals surface area contributed by atoms with E-state index in [-0.39, 0.29) is 5.56 Å². The maximum atomic E-state index is 11.7. The van der Waals surface area contributed by atoms with Gasteiger partial charge in [-0.3, -0.25) is 4.79 Å². The standard InChI is InChI=1S/C28H23NO3/c1-2-24(20-6-4-3-5-7-20)28(21-11-8-19(9-12-21)10-17-27(31)32)23-13-15-25-22(18-23)14-16-26(30)29-25/h3-18H,2H2,1H3,(H,29,30)(H,31,32)/b17-10+,28-24+. The first-order chi connectivity index (χ1) is 15.5. The molecule has 3 aromatic carbocycles. The summed E-state index contributed by atoms with van der Waals surface area (Å²) < 4.78 is 0. The molecular weight excluding hydrogens is 398 g/mol. The summed E-state index contributed by atoms with van der Waals surface area (Å²) in [5.74, 6) is -0.971. The summed E-state index contributed by atoms with van der Waals surface area (Å²) >= 11 is 0. The lowest BCUT2D eigenvalue weighted by molar-refractivity contribution is -0.131. The first kappa shape index (κ1) is 21.1. The molecule has 4 aromatic rings. The molecule has 4 heteroatoms. The minimum atomic E-state index is -0.971. The maximum absolute atomic E-state index is 11.7. The molecule has 0 unspecified atom stereocenters. The minimum absolute atomic E-state index is 0.121. The van der Waals surface area contributed by atoms with Crippen LogP contribution in [0.4, 0.5) is 0 Å². The van der Waals surface area contributed by atoms with Crippen LogP contribution in [0.2, 0.25) is 0 Å². The second-order valence-corrected chi connectivity index (χ2v) is 7.49. The fourth-order valence-electron chi connectivity index (χ4n) is 3.92. The van der Waals surface area contributed by atoms with Crippen molar-refractivity contribution in [2.75, 3.05) is 0 Å². The van der Waals surface area contributed by atoms with Crippen molar-refractivity contribution in [2.24, 2.45) is 0 Å². The molecule has 4 nitrogen and oxygen atoms in total. The molecule has 0 aliphatic rings. The highest BCUT2D eigenvalue weighted by Gasteiger charge is 2.14. The molecule has 1 heterocycles. The summed E-state index contributed by atoms with van der Waals surface area (Å²) in [6.45, 7) is 2.14. The Morgan fingerprint density at radius 2 is 1.59 bits per heavy atom. The number of aliphatic carboxylic acids is 1. The van der Waals surface area contributed by atoms with Gasteiger partial charge in [-0.2, -0.15) is 0 Å². The van der Waals surface area contributed by atoms with Gasteiger partial charge in [0.1, 0.15) is 0 Å². The smallest absolute Gasteiger partial charge is 0.328 e. The highest BCUT2D eigenvalue weighted by atomic mass is 16.4. The molecule has 32 heavy (non-hydrogen) atoms. The third-order valence-electron chi connectivity index (χ3n) is 5.41. The summed E-state index contributed by atoms with van der Waals surface area (Å²) in [6.07, 6.45) is 3.56. The normalized spacial score (nSPS) is 12.2. The highest BCUT2D eigenvalue weighted by molar-refractivity contribution is 6.00. The average molecular weight is 421 g/mol. The van der Waals surface area contributed by atoms with Crippen molar-refractivity contribution in [3.8, 4) is 0 Å². The number of H-pyrrole nitrogens is 1. The van der Waals surface area contributed by atoms with Crippen LogP contribution in [0.5, 0.6) is 0 Å². The largest absolute Gasteiger partial charge is 0.478 e. The van der Waals surface area contributed by atoms with E-state index in [2.05, 4.69) is 30.1 Å². The quantitative estimate of drug-likeness (QED) is 0.296. The lowest BCUT2D eigenvalue weighted by Gasteiger charge is -2.17. The lowest BCUT2D eigenvalue weighted by Crippen LogP contribution is -2.02. The zero-order valence-electron chi connectivity index (χ0n) is 17.7. The monoisotopic (exact) mass is 421 g/mol. The van der Waals surface area contributed by atoms with Crippen molar-refractivity contribution in [3.05, 3.63) is 124 Å². The van der Waals surface area contributed by atoms with Gasteiger partial charge < -0.3 is 10.1 Å². The number of pyridine rings is 1. The van der Waals surface area contributed by atoms with Gasteiger partial charge in [0.05, 0.1) is 0 Å². The molecule has 0 aliphatic carbocycles. The molecule has 0 atom stereocenters. The Morgan fingerprint density at radius 1 is 0.875 bits per heavy atom. The zero-order chi connectivity index (χ0) is 22.5. The number of hydrogen-bond donors (Lipinski definition) is 2. The number of allylic oxidation sites excluding steroid dienone is 1. The lowest BCUT2D eigenvalue weighted by atomic mass is 9.87. The van der Waals surface area contributed by atoms with Crippen LogP contribution in [-0.2, 0) is 4.79 Å². The van der Waals surface area contributed by atoms with Crippen molar-refractivity contribution in [2.45, 2.75) is 13.3 Å². The molecular formula is C28H23NO3. The maximum Gasteiger partial charge on any atom is 0.328 e. The number of fused-ring (bicyclic) bond motifs is 1. The van der Waals surface area contributed by atoms with Crippen molar-refractivity contribution in [1.82, 2.24) is 4.98 Å². The van der Waals surface area contributed by atoms with E-state index >= 15 is 0 Å². The van der Waals surface area contributed by atoms with Gasteiger partial charge in [-0.25, -0.2) is 4.79 Å². The van der Waals surface area contributed by atoms with Crippen LogP contribution >= 0.6 is 0 Å². The zero-order valence-corrected chi connectivity index (χ0v) is 17.7. The predicted molar refractivity (Wildman–Crippen MR) is 130 cm³/mol. The van der Waals surface area contributed by atoms with Crippen LogP contribution in [0.25, 0.3) is 28.1 Å². The number of carboxylic acids is 1. The number of carboxylic acid groups (broad SMARTS) is 1. The fraction of sp³-hybridized carbons (Fsp3) is 0.0714. The number of rotatable bonds is 6. The Bertz CT molecular complexity index is 1380. The molecule has 0 fully saturated rings. The van der Waals surface area contributed by atoms with E-state index in [4.69, 9.17) is 5.11 Å².